The van der Waals surface area contributed by atoms with Crippen molar-refractivity contribution in [1.82, 2.24) is 4.98 Å². The van der Waals surface area contributed by atoms with E-state index in [-0.39, 0.29) is 17.1 Å². The zero-order valence-electron chi connectivity index (χ0n) is 10.9. The molecule has 1 aromatic carbocycles. The van der Waals surface area contributed by atoms with Gasteiger partial charge in [-0.2, -0.15) is 0 Å². The molecule has 0 atom stereocenters. The number of carbonyl (C=O) groups is 1. The average Bonchev–Trinajstić information content (AvgIpc) is 2.41. The number of hydrogen-bond donors (Lipinski definition) is 1. The first-order valence-electron chi connectivity index (χ1n) is 5.99. The van der Waals surface area contributed by atoms with E-state index < -0.39 is 15.8 Å². The number of nitrogens with zero attached hydrogens (tertiary/aromatic N) is 1. The van der Waals surface area contributed by atoms with Gasteiger partial charge in [0.15, 0.2) is 9.84 Å². The summed E-state index contributed by atoms with van der Waals surface area (Å²) in [5.74, 6) is -1.46. The van der Waals surface area contributed by atoms with Crippen molar-refractivity contribution >= 4 is 27.4 Å². The Balaban J connectivity index is 2.10. The molecule has 0 saturated carbocycles. The van der Waals surface area contributed by atoms with Crippen molar-refractivity contribution in [3.8, 4) is 0 Å². The second kappa shape index (κ2) is 6.24. The molecule has 2 aromatic rings. The molecule has 1 heterocycles. The number of pyridine rings is 1. The van der Waals surface area contributed by atoms with Gasteiger partial charge in [-0.15, -0.1) is 0 Å². The van der Waals surface area contributed by atoms with Crippen molar-refractivity contribution in [3.63, 3.8) is 0 Å². The Labute approximate surface area is 127 Å². The number of sulfone groups is 1. The van der Waals surface area contributed by atoms with Crippen molar-refractivity contribution < 1.29 is 18.3 Å². The summed E-state index contributed by atoms with van der Waals surface area (Å²) in [6.45, 7) is 0. The van der Waals surface area contributed by atoms with Gasteiger partial charge in [0.25, 0.3) is 0 Å². The van der Waals surface area contributed by atoms with Gasteiger partial charge in [-0.3, -0.25) is 4.98 Å². The molecule has 0 saturated heterocycles. The highest BCUT2D eigenvalue weighted by molar-refractivity contribution is 7.89. The number of benzene rings is 1. The smallest absolute Gasteiger partial charge is 0.337 e. The number of carboxylic acid groups (broad SMARTS) is 1. The lowest BCUT2D eigenvalue weighted by molar-refractivity contribution is 0.0696. The number of aromatic nitrogens is 1. The van der Waals surface area contributed by atoms with Gasteiger partial charge >= 0.3 is 5.97 Å². The first kappa shape index (κ1) is 15.5. The molecule has 1 N–H and O–H groups in total. The molecule has 0 bridgehead atoms. The summed E-state index contributed by atoms with van der Waals surface area (Å²) in [6, 6.07) is 9.31. The average molecular weight is 326 g/mol. The molecule has 0 aliphatic heterocycles. The maximum atomic E-state index is 12.1. The van der Waals surface area contributed by atoms with E-state index in [9.17, 15) is 13.2 Å². The van der Waals surface area contributed by atoms with E-state index in [2.05, 4.69) is 4.98 Å². The second-order valence-corrected chi connectivity index (χ2v) is 7.00. The molecule has 0 unspecified atom stereocenters. The molecule has 21 heavy (non-hydrogen) atoms. The lowest BCUT2D eigenvalue weighted by Crippen LogP contribution is -2.09. The first-order valence-corrected chi connectivity index (χ1v) is 8.19. The zero-order chi connectivity index (χ0) is 15.5. The number of halogens is 1. The lowest BCUT2D eigenvalue weighted by Gasteiger charge is -2.05. The lowest BCUT2D eigenvalue weighted by atomic mass is 10.2. The number of hydrogen-bond acceptors (Lipinski definition) is 4. The van der Waals surface area contributed by atoms with E-state index >= 15 is 0 Å². The molecule has 0 fully saturated rings. The Bertz CT molecular complexity index is 740. The predicted molar refractivity (Wildman–Crippen MR) is 79.0 cm³/mol. The van der Waals surface area contributed by atoms with E-state index in [4.69, 9.17) is 16.7 Å². The summed E-state index contributed by atoms with van der Waals surface area (Å²) in [6.07, 6.45) is 1.15. The van der Waals surface area contributed by atoms with Crippen molar-refractivity contribution in [2.24, 2.45) is 0 Å². The van der Waals surface area contributed by atoms with Crippen LogP contribution < -0.4 is 0 Å². The van der Waals surface area contributed by atoms with E-state index in [0.717, 1.165) is 6.20 Å². The summed E-state index contributed by atoms with van der Waals surface area (Å²) < 4.78 is 24.2. The van der Waals surface area contributed by atoms with Gasteiger partial charge in [-0.1, -0.05) is 23.7 Å². The molecular formula is C14H12ClNO4S. The molecule has 5 nitrogen and oxygen atoms in total. The molecule has 0 spiro atoms. The van der Waals surface area contributed by atoms with Crippen LogP contribution in [-0.2, 0) is 21.3 Å². The van der Waals surface area contributed by atoms with Gasteiger partial charge in [0.2, 0.25) is 0 Å². The van der Waals surface area contributed by atoms with Crippen LogP contribution in [0.25, 0.3) is 0 Å². The van der Waals surface area contributed by atoms with Gasteiger partial charge < -0.3 is 5.11 Å². The molecule has 2 rings (SSSR count). The largest absolute Gasteiger partial charge is 0.478 e. The summed E-state index contributed by atoms with van der Waals surface area (Å²) in [5, 5.41) is 9.30. The third kappa shape index (κ3) is 4.54. The Morgan fingerprint density at radius 2 is 1.76 bits per heavy atom. The molecule has 110 valence electrons. The quantitative estimate of drug-likeness (QED) is 0.913. The second-order valence-electron chi connectivity index (χ2n) is 4.50. The molecule has 0 amide bonds. The van der Waals surface area contributed by atoms with Crippen molar-refractivity contribution in [2.75, 3.05) is 0 Å². The molecule has 7 heteroatoms. The Morgan fingerprint density at radius 3 is 2.29 bits per heavy atom. The maximum Gasteiger partial charge on any atom is 0.337 e. The van der Waals surface area contributed by atoms with Gasteiger partial charge in [-0.05, 0) is 29.8 Å². The van der Waals surface area contributed by atoms with Crippen LogP contribution in [-0.4, -0.2) is 24.5 Å². The predicted octanol–water partition coefficient (Wildman–Crippen LogP) is 2.55. The fourth-order valence-corrected chi connectivity index (χ4v) is 3.30. The van der Waals surface area contributed by atoms with Crippen molar-refractivity contribution in [3.05, 3.63) is 64.4 Å². The normalized spacial score (nSPS) is 11.3. The van der Waals surface area contributed by atoms with E-state index in [0.29, 0.717) is 16.3 Å². The summed E-state index contributed by atoms with van der Waals surface area (Å²) in [7, 11) is -3.39. The van der Waals surface area contributed by atoms with Crippen LogP contribution in [0.3, 0.4) is 0 Å². The topological polar surface area (TPSA) is 84.3 Å². The highest BCUT2D eigenvalue weighted by atomic mass is 35.5. The highest BCUT2D eigenvalue weighted by Crippen LogP contribution is 2.14. The maximum absolute atomic E-state index is 12.1. The molecule has 0 aliphatic carbocycles. The van der Waals surface area contributed by atoms with Crippen LogP contribution in [0, 0.1) is 0 Å². The van der Waals surface area contributed by atoms with Crippen LogP contribution in [0.5, 0.6) is 0 Å². The number of aromatic carboxylic acids is 1. The minimum Gasteiger partial charge on any atom is -0.478 e. The Kier molecular flexibility index (Phi) is 4.59. The third-order valence-electron chi connectivity index (χ3n) is 2.74. The van der Waals surface area contributed by atoms with Gasteiger partial charge in [-0.25, -0.2) is 13.2 Å². The van der Waals surface area contributed by atoms with Crippen LogP contribution >= 0.6 is 11.6 Å². The van der Waals surface area contributed by atoms with Gasteiger partial charge in [0.05, 0.1) is 22.8 Å². The molecule has 0 radical (unpaired) electrons. The number of rotatable bonds is 5. The summed E-state index contributed by atoms with van der Waals surface area (Å²) in [4.78, 5) is 14.6. The molecule has 1 aromatic heterocycles. The number of carboxylic acids is 1. The van der Waals surface area contributed by atoms with Crippen LogP contribution in [0.4, 0.5) is 0 Å². The van der Waals surface area contributed by atoms with Crippen LogP contribution in [0.1, 0.15) is 21.6 Å². The SMILES string of the molecule is O=C(O)c1ccc(CS(=O)(=O)Cc2ccc(Cl)cc2)nc1. The third-order valence-corrected chi connectivity index (χ3v) is 4.50. The standard InChI is InChI=1S/C14H12ClNO4S/c15-12-4-1-10(2-5-12)8-21(19,20)9-13-6-3-11(7-16-13)14(17)18/h1-7H,8-9H2,(H,17,18). The van der Waals surface area contributed by atoms with E-state index in [1.54, 1.807) is 24.3 Å². The summed E-state index contributed by atoms with van der Waals surface area (Å²) >= 11 is 5.75. The fourth-order valence-electron chi connectivity index (χ4n) is 1.75. The van der Waals surface area contributed by atoms with Crippen LogP contribution in [0.2, 0.25) is 5.02 Å². The van der Waals surface area contributed by atoms with Gasteiger partial charge in [0.1, 0.15) is 0 Å². The Hall–Kier alpha value is -1.92. The highest BCUT2D eigenvalue weighted by Gasteiger charge is 2.14. The van der Waals surface area contributed by atoms with Gasteiger partial charge in [0, 0.05) is 11.2 Å². The monoisotopic (exact) mass is 325 g/mol. The Morgan fingerprint density at radius 1 is 1.10 bits per heavy atom. The van der Waals surface area contributed by atoms with Crippen molar-refractivity contribution in [1.29, 1.82) is 0 Å². The van der Waals surface area contributed by atoms with Crippen LogP contribution in [0.15, 0.2) is 42.6 Å². The first-order chi connectivity index (χ1) is 9.85. The minimum absolute atomic E-state index is 0.0221. The zero-order valence-corrected chi connectivity index (χ0v) is 12.4. The van der Waals surface area contributed by atoms with E-state index in [1.807, 2.05) is 0 Å². The molecular weight excluding hydrogens is 314 g/mol. The fraction of sp³-hybridized carbons (Fsp3) is 0.143. The summed E-state index contributed by atoms with van der Waals surface area (Å²) in [5.41, 5.74) is 0.976. The molecule has 0 aliphatic rings. The van der Waals surface area contributed by atoms with Crippen molar-refractivity contribution in [2.45, 2.75) is 11.5 Å². The minimum atomic E-state index is -3.39. The van der Waals surface area contributed by atoms with E-state index in [1.165, 1.54) is 12.1 Å².